The second kappa shape index (κ2) is 10.6. The van der Waals surface area contributed by atoms with Crippen LogP contribution in [0.4, 0.5) is 0 Å². The Kier molecular flexibility index (Phi) is 8.01. The molecule has 1 atom stereocenters. The fraction of sp³-hybridized carbons (Fsp3) is 0.667. The molecule has 2 fully saturated rings. The van der Waals surface area contributed by atoms with Crippen molar-refractivity contribution in [1.29, 1.82) is 0 Å². The van der Waals surface area contributed by atoms with Gasteiger partial charge in [0.25, 0.3) is 5.91 Å². The van der Waals surface area contributed by atoms with Crippen LogP contribution in [0.2, 0.25) is 0 Å². The van der Waals surface area contributed by atoms with E-state index in [1.54, 1.807) is 17.0 Å². The number of hydrogen-bond donors (Lipinski definition) is 2. The van der Waals surface area contributed by atoms with Gasteiger partial charge in [0.2, 0.25) is 17.7 Å². The molecule has 2 N–H and O–H groups in total. The first kappa shape index (κ1) is 25.7. The Morgan fingerprint density at radius 2 is 1.76 bits per heavy atom. The molecule has 10 heteroatoms. The molecule has 1 aromatic rings. The van der Waals surface area contributed by atoms with E-state index in [0.29, 0.717) is 26.2 Å². The van der Waals surface area contributed by atoms with E-state index in [9.17, 15) is 19.2 Å². The summed E-state index contributed by atoms with van der Waals surface area (Å²) in [7, 11) is 0. The van der Waals surface area contributed by atoms with Gasteiger partial charge in [-0.2, -0.15) is 0 Å². The smallest absolute Gasteiger partial charge is 0.287 e. The minimum Gasteiger partial charge on any atom is -0.459 e. The standard InChI is InChI=1S/C24H36N4O6/c1-17(29)26-18(15-34-23(2,3)4)22(32)28-12-9-24(16-28)7-10-27(11-8-24)20(30)14-25-21(31)19-6-5-13-33-19/h5-6,13,18H,7-12,14-16H2,1-4H3,(H,25,31)(H,26,29). The molecule has 3 rings (SSSR count). The molecule has 0 aromatic carbocycles. The summed E-state index contributed by atoms with van der Waals surface area (Å²) >= 11 is 0. The van der Waals surface area contributed by atoms with Crippen molar-refractivity contribution in [2.45, 2.75) is 58.6 Å². The first-order chi connectivity index (χ1) is 16.0. The van der Waals surface area contributed by atoms with Crippen molar-refractivity contribution >= 4 is 23.6 Å². The van der Waals surface area contributed by atoms with Crippen molar-refractivity contribution in [2.75, 3.05) is 39.3 Å². The Bertz CT molecular complexity index is 884. The molecular weight excluding hydrogens is 440 g/mol. The van der Waals surface area contributed by atoms with Gasteiger partial charge >= 0.3 is 0 Å². The number of carbonyl (C=O) groups excluding carboxylic acids is 4. The number of furan rings is 1. The second-order valence-corrected chi connectivity index (χ2v) is 10.2. The van der Waals surface area contributed by atoms with Gasteiger partial charge in [-0.15, -0.1) is 0 Å². The maximum absolute atomic E-state index is 13.2. The monoisotopic (exact) mass is 476 g/mol. The van der Waals surface area contributed by atoms with Gasteiger partial charge in [-0.3, -0.25) is 19.2 Å². The van der Waals surface area contributed by atoms with Gasteiger partial charge in [-0.05, 0) is 57.6 Å². The number of piperidine rings is 1. The number of rotatable bonds is 7. The molecular formula is C24H36N4O6. The number of amides is 4. The number of nitrogens with one attached hydrogen (secondary N) is 2. The second-order valence-electron chi connectivity index (χ2n) is 10.2. The summed E-state index contributed by atoms with van der Waals surface area (Å²) in [6.07, 6.45) is 3.85. The zero-order valence-electron chi connectivity index (χ0n) is 20.5. The Balaban J connectivity index is 1.49. The average molecular weight is 477 g/mol. The van der Waals surface area contributed by atoms with Gasteiger partial charge in [0.1, 0.15) is 6.04 Å². The third-order valence-corrected chi connectivity index (χ3v) is 6.43. The maximum Gasteiger partial charge on any atom is 0.287 e. The van der Waals surface area contributed by atoms with Crippen LogP contribution >= 0.6 is 0 Å². The lowest BCUT2D eigenvalue weighted by Gasteiger charge is -2.39. The fourth-order valence-corrected chi connectivity index (χ4v) is 4.50. The van der Waals surface area contributed by atoms with Crippen LogP contribution in [0.3, 0.4) is 0 Å². The summed E-state index contributed by atoms with van der Waals surface area (Å²) in [5.41, 5.74) is -0.449. The van der Waals surface area contributed by atoms with E-state index in [1.165, 1.54) is 13.2 Å². The van der Waals surface area contributed by atoms with Crippen LogP contribution in [0.1, 0.15) is 57.5 Å². The zero-order valence-corrected chi connectivity index (χ0v) is 20.5. The third kappa shape index (κ3) is 6.82. The van der Waals surface area contributed by atoms with Gasteiger partial charge in [0.15, 0.2) is 5.76 Å². The number of likely N-dealkylation sites (tertiary alicyclic amines) is 2. The summed E-state index contributed by atoms with van der Waals surface area (Å²) < 4.78 is 10.8. The highest BCUT2D eigenvalue weighted by molar-refractivity contribution is 5.94. The van der Waals surface area contributed by atoms with E-state index in [-0.39, 0.29) is 42.0 Å². The molecule has 2 aliphatic heterocycles. The molecule has 4 amide bonds. The minimum absolute atomic E-state index is 0.0322. The first-order valence-electron chi connectivity index (χ1n) is 11.8. The lowest BCUT2D eigenvalue weighted by atomic mass is 9.78. The predicted octanol–water partition coefficient (Wildman–Crippen LogP) is 1.17. The summed E-state index contributed by atoms with van der Waals surface area (Å²) in [4.78, 5) is 52.9. The molecule has 10 nitrogen and oxygen atoms in total. The van der Waals surface area contributed by atoms with E-state index in [2.05, 4.69) is 10.6 Å². The average Bonchev–Trinajstić information content (AvgIpc) is 3.45. The van der Waals surface area contributed by atoms with Crippen LogP contribution in [0.15, 0.2) is 22.8 Å². The Morgan fingerprint density at radius 3 is 2.32 bits per heavy atom. The van der Waals surface area contributed by atoms with Crippen molar-refractivity contribution in [1.82, 2.24) is 20.4 Å². The summed E-state index contributed by atoms with van der Waals surface area (Å²) in [6, 6.07) is 2.45. The highest BCUT2D eigenvalue weighted by atomic mass is 16.5. The van der Waals surface area contributed by atoms with Crippen LogP contribution < -0.4 is 10.6 Å². The van der Waals surface area contributed by atoms with Crippen molar-refractivity contribution in [3.8, 4) is 0 Å². The van der Waals surface area contributed by atoms with Crippen molar-refractivity contribution in [3.05, 3.63) is 24.2 Å². The first-order valence-corrected chi connectivity index (χ1v) is 11.8. The molecule has 0 bridgehead atoms. The summed E-state index contributed by atoms with van der Waals surface area (Å²) in [5.74, 6) is -0.774. The molecule has 0 radical (unpaired) electrons. The lowest BCUT2D eigenvalue weighted by molar-refractivity contribution is -0.139. The summed E-state index contributed by atoms with van der Waals surface area (Å²) in [6.45, 7) is 9.55. The molecule has 2 aliphatic rings. The molecule has 0 saturated carbocycles. The Hall–Kier alpha value is -2.88. The van der Waals surface area contributed by atoms with Crippen molar-refractivity contribution in [2.24, 2.45) is 5.41 Å². The van der Waals surface area contributed by atoms with Gasteiger partial charge in [0.05, 0.1) is 25.0 Å². The Morgan fingerprint density at radius 1 is 1.12 bits per heavy atom. The van der Waals surface area contributed by atoms with Crippen molar-refractivity contribution < 1.29 is 28.3 Å². The minimum atomic E-state index is -0.716. The quantitative estimate of drug-likeness (QED) is 0.609. The number of ether oxygens (including phenoxy) is 1. The summed E-state index contributed by atoms with van der Waals surface area (Å²) in [5, 5.41) is 5.32. The van der Waals surface area contributed by atoms with Gasteiger partial charge in [-0.1, -0.05) is 0 Å². The molecule has 0 aliphatic carbocycles. The van der Waals surface area contributed by atoms with Crippen molar-refractivity contribution in [3.63, 3.8) is 0 Å². The largest absolute Gasteiger partial charge is 0.459 e. The maximum atomic E-state index is 13.2. The van der Waals surface area contributed by atoms with E-state index < -0.39 is 17.6 Å². The molecule has 34 heavy (non-hydrogen) atoms. The van der Waals surface area contributed by atoms with Crippen LogP contribution in [0, 0.1) is 5.41 Å². The Labute approximate surface area is 200 Å². The zero-order chi connectivity index (χ0) is 24.9. The molecule has 1 aromatic heterocycles. The van der Waals surface area contributed by atoms with E-state index in [1.807, 2.05) is 25.7 Å². The lowest BCUT2D eigenvalue weighted by Crippen LogP contribution is -2.52. The normalized spacial score (nSPS) is 18.6. The highest BCUT2D eigenvalue weighted by Gasteiger charge is 2.44. The molecule has 3 heterocycles. The van der Waals surface area contributed by atoms with E-state index in [0.717, 1.165) is 19.3 Å². The van der Waals surface area contributed by atoms with Crippen LogP contribution in [0.5, 0.6) is 0 Å². The molecule has 188 valence electrons. The molecule has 2 saturated heterocycles. The number of hydrogen-bond acceptors (Lipinski definition) is 6. The molecule has 1 unspecified atom stereocenters. The van der Waals surface area contributed by atoms with E-state index in [4.69, 9.17) is 9.15 Å². The van der Waals surface area contributed by atoms with Crippen LogP contribution in [-0.2, 0) is 19.1 Å². The van der Waals surface area contributed by atoms with E-state index >= 15 is 0 Å². The fourth-order valence-electron chi connectivity index (χ4n) is 4.50. The van der Waals surface area contributed by atoms with Crippen LogP contribution in [-0.4, -0.2) is 84.4 Å². The van der Waals surface area contributed by atoms with Gasteiger partial charge < -0.3 is 29.6 Å². The van der Waals surface area contributed by atoms with Crippen LogP contribution in [0.25, 0.3) is 0 Å². The number of nitrogens with zero attached hydrogens (tertiary/aromatic N) is 2. The third-order valence-electron chi connectivity index (χ3n) is 6.43. The SMILES string of the molecule is CC(=O)NC(COC(C)(C)C)C(=O)N1CCC2(CCN(C(=O)CNC(=O)c3ccco3)CC2)C1. The highest BCUT2D eigenvalue weighted by Crippen LogP contribution is 2.40. The molecule has 1 spiro atoms. The van der Waals surface area contributed by atoms with Gasteiger partial charge in [-0.25, -0.2) is 0 Å². The topological polar surface area (TPSA) is 121 Å². The predicted molar refractivity (Wildman–Crippen MR) is 124 cm³/mol. The van der Waals surface area contributed by atoms with Gasteiger partial charge in [0, 0.05) is 33.1 Å². The number of carbonyl (C=O) groups is 4.